The van der Waals surface area contributed by atoms with Gasteiger partial charge < -0.3 is 4.74 Å². The SMILES string of the molecule is COc1ccc(/C=N/N(C(c2ccccc2)c2ccccc2)S(=O)(=O)c2ccc(C)cc2)cc1. The van der Waals surface area contributed by atoms with Crippen molar-refractivity contribution in [2.75, 3.05) is 7.11 Å². The quantitative estimate of drug-likeness (QED) is 0.241. The average molecular weight is 471 g/mol. The smallest absolute Gasteiger partial charge is 0.279 e. The molecule has 0 aromatic heterocycles. The van der Waals surface area contributed by atoms with Crippen LogP contribution in [0.25, 0.3) is 0 Å². The minimum Gasteiger partial charge on any atom is -0.497 e. The van der Waals surface area contributed by atoms with Crippen molar-refractivity contribution >= 4 is 16.2 Å². The maximum Gasteiger partial charge on any atom is 0.279 e. The first kappa shape index (κ1) is 23.3. The Kier molecular flexibility index (Phi) is 7.09. The molecule has 0 unspecified atom stereocenters. The van der Waals surface area contributed by atoms with Gasteiger partial charge in [-0.25, -0.2) is 0 Å². The van der Waals surface area contributed by atoms with Crippen molar-refractivity contribution in [3.05, 3.63) is 131 Å². The first-order chi connectivity index (χ1) is 16.5. The Balaban J connectivity index is 1.87. The van der Waals surface area contributed by atoms with Crippen molar-refractivity contribution in [2.24, 2.45) is 5.10 Å². The lowest BCUT2D eigenvalue weighted by atomic mass is 9.99. The predicted molar refractivity (Wildman–Crippen MR) is 136 cm³/mol. The summed E-state index contributed by atoms with van der Waals surface area (Å²) in [5, 5.41) is 4.55. The Morgan fingerprint density at radius 2 is 1.29 bits per heavy atom. The van der Waals surface area contributed by atoms with Crippen molar-refractivity contribution in [3.63, 3.8) is 0 Å². The lowest BCUT2D eigenvalue weighted by Gasteiger charge is -2.29. The highest BCUT2D eigenvalue weighted by atomic mass is 32.2. The number of hydrogen-bond acceptors (Lipinski definition) is 4. The molecule has 0 atom stereocenters. The van der Waals surface area contributed by atoms with Crippen LogP contribution in [-0.4, -0.2) is 26.2 Å². The third kappa shape index (κ3) is 5.18. The summed E-state index contributed by atoms with van der Waals surface area (Å²) in [5.74, 6) is 0.715. The molecule has 172 valence electrons. The fourth-order valence-electron chi connectivity index (χ4n) is 3.62. The molecule has 0 aliphatic rings. The Labute approximate surface area is 201 Å². The second-order valence-electron chi connectivity index (χ2n) is 7.83. The van der Waals surface area contributed by atoms with Crippen LogP contribution >= 0.6 is 0 Å². The van der Waals surface area contributed by atoms with E-state index in [0.29, 0.717) is 5.75 Å². The van der Waals surface area contributed by atoms with Gasteiger partial charge in [0.1, 0.15) is 11.8 Å². The number of hydrazone groups is 1. The number of sulfonamides is 1. The number of aryl methyl sites for hydroxylation is 1. The number of benzene rings is 4. The van der Waals surface area contributed by atoms with Gasteiger partial charge in [0.15, 0.2) is 0 Å². The Bertz CT molecular complexity index is 1300. The molecule has 0 spiro atoms. The number of rotatable bonds is 8. The molecular formula is C28H26N2O3S. The number of hydrogen-bond donors (Lipinski definition) is 0. The highest BCUT2D eigenvalue weighted by Gasteiger charge is 2.32. The van der Waals surface area contributed by atoms with Crippen molar-refractivity contribution in [2.45, 2.75) is 17.9 Å². The summed E-state index contributed by atoms with van der Waals surface area (Å²) < 4.78 is 34.3. The van der Waals surface area contributed by atoms with E-state index in [1.165, 1.54) is 4.41 Å². The van der Waals surface area contributed by atoms with E-state index in [1.54, 1.807) is 37.6 Å². The van der Waals surface area contributed by atoms with Gasteiger partial charge in [0.05, 0.1) is 18.2 Å². The van der Waals surface area contributed by atoms with Gasteiger partial charge in [-0.3, -0.25) is 0 Å². The van der Waals surface area contributed by atoms with E-state index >= 15 is 0 Å². The summed E-state index contributed by atoms with van der Waals surface area (Å²) in [6, 6.07) is 32.5. The van der Waals surface area contributed by atoms with Crippen molar-refractivity contribution in [1.82, 2.24) is 4.41 Å². The summed E-state index contributed by atoms with van der Waals surface area (Å²) >= 11 is 0. The largest absolute Gasteiger partial charge is 0.497 e. The monoisotopic (exact) mass is 470 g/mol. The molecule has 0 fully saturated rings. The van der Waals surface area contributed by atoms with E-state index in [4.69, 9.17) is 4.74 Å². The van der Waals surface area contributed by atoms with Crippen molar-refractivity contribution < 1.29 is 13.2 Å². The molecule has 4 aromatic carbocycles. The molecule has 0 heterocycles. The summed E-state index contributed by atoms with van der Waals surface area (Å²) in [5.41, 5.74) is 3.37. The first-order valence-corrected chi connectivity index (χ1v) is 12.3. The van der Waals surface area contributed by atoms with Crippen LogP contribution in [-0.2, 0) is 10.0 Å². The molecule has 0 N–H and O–H groups in total. The lowest BCUT2D eigenvalue weighted by molar-refractivity contribution is 0.378. The van der Waals surface area contributed by atoms with Gasteiger partial charge in [-0.05, 0) is 60.0 Å². The molecule has 0 saturated carbocycles. The zero-order valence-electron chi connectivity index (χ0n) is 19.1. The minimum atomic E-state index is -3.99. The molecule has 0 radical (unpaired) electrons. The molecule has 5 nitrogen and oxygen atoms in total. The molecule has 4 aromatic rings. The van der Waals surface area contributed by atoms with Gasteiger partial charge in [-0.2, -0.15) is 17.9 Å². The fraction of sp³-hybridized carbons (Fsp3) is 0.107. The molecule has 4 rings (SSSR count). The lowest BCUT2D eigenvalue weighted by Crippen LogP contribution is -2.31. The molecular weight excluding hydrogens is 444 g/mol. The summed E-state index contributed by atoms with van der Waals surface area (Å²) in [6.45, 7) is 1.92. The van der Waals surface area contributed by atoms with Gasteiger partial charge in [0.25, 0.3) is 10.0 Å². The summed E-state index contributed by atoms with van der Waals surface area (Å²) in [4.78, 5) is 0.182. The molecule has 0 aliphatic carbocycles. The van der Waals surface area contributed by atoms with E-state index in [1.807, 2.05) is 91.9 Å². The third-order valence-electron chi connectivity index (χ3n) is 5.45. The summed E-state index contributed by atoms with van der Waals surface area (Å²) in [7, 11) is -2.39. The van der Waals surface area contributed by atoms with Crippen LogP contribution in [0.5, 0.6) is 5.75 Å². The zero-order valence-corrected chi connectivity index (χ0v) is 19.9. The van der Waals surface area contributed by atoms with Crippen molar-refractivity contribution in [1.29, 1.82) is 0 Å². The van der Waals surface area contributed by atoms with Crippen LogP contribution in [0.15, 0.2) is 119 Å². The Morgan fingerprint density at radius 1 is 0.765 bits per heavy atom. The molecule has 0 bridgehead atoms. The normalized spacial score (nSPS) is 11.6. The first-order valence-electron chi connectivity index (χ1n) is 10.9. The van der Waals surface area contributed by atoms with Crippen LogP contribution in [0, 0.1) is 6.92 Å². The van der Waals surface area contributed by atoms with Crippen LogP contribution < -0.4 is 4.74 Å². The van der Waals surface area contributed by atoms with E-state index in [2.05, 4.69) is 5.10 Å². The maximum atomic E-state index is 13.9. The second-order valence-corrected chi connectivity index (χ2v) is 9.63. The predicted octanol–water partition coefficient (Wildman–Crippen LogP) is 5.82. The molecule has 6 heteroatoms. The summed E-state index contributed by atoms with van der Waals surface area (Å²) in [6.07, 6.45) is 1.56. The standard InChI is InChI=1S/C28H26N2O3S/c1-22-13-19-27(20-14-22)34(31,32)30(29-21-23-15-17-26(33-2)18-16-23)28(24-9-5-3-6-10-24)25-11-7-4-8-12-25/h3-21,28H,1-2H3/b29-21+. The highest BCUT2D eigenvalue weighted by molar-refractivity contribution is 7.89. The minimum absolute atomic E-state index is 0.182. The van der Waals surface area contributed by atoms with E-state index in [0.717, 1.165) is 22.3 Å². The van der Waals surface area contributed by atoms with Gasteiger partial charge >= 0.3 is 0 Å². The second kappa shape index (κ2) is 10.4. The van der Waals surface area contributed by atoms with Crippen LogP contribution in [0.3, 0.4) is 0 Å². The van der Waals surface area contributed by atoms with Gasteiger partial charge in [0, 0.05) is 0 Å². The van der Waals surface area contributed by atoms with E-state index in [9.17, 15) is 8.42 Å². The van der Waals surface area contributed by atoms with E-state index in [-0.39, 0.29) is 4.90 Å². The number of methoxy groups -OCH3 is 1. The fourth-order valence-corrected chi connectivity index (χ4v) is 5.01. The Hall–Kier alpha value is -3.90. The third-order valence-corrected chi connectivity index (χ3v) is 7.12. The van der Waals surface area contributed by atoms with Crippen molar-refractivity contribution in [3.8, 4) is 5.75 Å². The van der Waals surface area contributed by atoms with Gasteiger partial charge in [-0.1, -0.05) is 78.4 Å². The maximum absolute atomic E-state index is 13.9. The highest BCUT2D eigenvalue weighted by Crippen LogP contribution is 2.34. The molecule has 0 amide bonds. The molecule has 0 aliphatic heterocycles. The number of nitrogens with zero attached hydrogens (tertiary/aromatic N) is 2. The molecule has 34 heavy (non-hydrogen) atoms. The molecule has 0 saturated heterocycles. The average Bonchev–Trinajstić information content (AvgIpc) is 2.88. The van der Waals surface area contributed by atoms with Crippen LogP contribution in [0.1, 0.15) is 28.3 Å². The number of ether oxygens (including phenoxy) is 1. The van der Waals surface area contributed by atoms with Gasteiger partial charge in [-0.15, -0.1) is 0 Å². The van der Waals surface area contributed by atoms with E-state index < -0.39 is 16.1 Å². The van der Waals surface area contributed by atoms with Crippen LogP contribution in [0.2, 0.25) is 0 Å². The Morgan fingerprint density at radius 3 is 1.79 bits per heavy atom. The van der Waals surface area contributed by atoms with Crippen LogP contribution in [0.4, 0.5) is 0 Å². The van der Waals surface area contributed by atoms with Gasteiger partial charge in [0.2, 0.25) is 0 Å². The zero-order chi connectivity index (χ0) is 24.0. The topological polar surface area (TPSA) is 59.0 Å².